The van der Waals surface area contributed by atoms with Gasteiger partial charge in [-0.15, -0.1) is 0 Å². The van der Waals surface area contributed by atoms with Gasteiger partial charge in [-0.3, -0.25) is 9.36 Å². The number of aryl methyl sites for hydroxylation is 1. The molecule has 0 radical (unpaired) electrons. The predicted octanol–water partition coefficient (Wildman–Crippen LogP) is 1.08. The van der Waals surface area contributed by atoms with E-state index in [2.05, 4.69) is 19.9 Å². The standard InChI is InChI=1S/C22H24N6O5/c23-20-17-21(26-10-25-20)28(11-27-17)22-19(31)18(30)15(33-22)9-32-16(29)7-3-4-12-8-24-14-6-2-1-5-13(12)14/h1-2,5-6,8,10-11,15,18-19,22,24,30-31H,3-4,7,9H2,(H2,23,25,26)/t15-,18-,19-,22-/m1/s1. The molecule has 0 aliphatic carbocycles. The van der Waals surface area contributed by atoms with Crippen LogP contribution in [0.3, 0.4) is 0 Å². The number of hydrogen-bond donors (Lipinski definition) is 4. The fourth-order valence-corrected chi connectivity index (χ4v) is 4.16. The van der Waals surface area contributed by atoms with Gasteiger partial charge in [0.1, 0.15) is 36.8 Å². The van der Waals surface area contributed by atoms with Crippen LogP contribution >= 0.6 is 0 Å². The molecular weight excluding hydrogens is 428 g/mol. The fraction of sp³-hybridized carbons (Fsp3) is 0.364. The van der Waals surface area contributed by atoms with E-state index in [1.165, 1.54) is 17.2 Å². The highest BCUT2D eigenvalue weighted by atomic mass is 16.6. The van der Waals surface area contributed by atoms with E-state index in [1.54, 1.807) is 0 Å². The Morgan fingerprint density at radius 3 is 2.94 bits per heavy atom. The van der Waals surface area contributed by atoms with Gasteiger partial charge in [0.2, 0.25) is 0 Å². The zero-order valence-corrected chi connectivity index (χ0v) is 17.7. The molecule has 5 rings (SSSR count). The number of aromatic amines is 1. The summed E-state index contributed by atoms with van der Waals surface area (Å²) in [5.74, 6) is -0.193. The number of aliphatic hydroxyl groups excluding tert-OH is 2. The first-order valence-corrected chi connectivity index (χ1v) is 10.7. The van der Waals surface area contributed by atoms with E-state index in [4.69, 9.17) is 15.2 Å². The zero-order valence-electron chi connectivity index (χ0n) is 17.7. The van der Waals surface area contributed by atoms with Gasteiger partial charge in [0.05, 0.1) is 6.33 Å². The maximum absolute atomic E-state index is 12.2. The average Bonchev–Trinajstić information content (AvgIpc) is 3.50. The van der Waals surface area contributed by atoms with Gasteiger partial charge in [-0.25, -0.2) is 15.0 Å². The number of nitrogens with zero attached hydrogens (tertiary/aromatic N) is 4. The quantitative estimate of drug-likeness (QED) is 0.301. The van der Waals surface area contributed by atoms with Crippen LogP contribution in [0.5, 0.6) is 0 Å². The second kappa shape index (κ2) is 8.77. The molecule has 4 atom stereocenters. The van der Waals surface area contributed by atoms with Gasteiger partial charge in [0.15, 0.2) is 17.7 Å². The molecule has 11 nitrogen and oxygen atoms in total. The van der Waals surface area contributed by atoms with Crippen LogP contribution in [0.2, 0.25) is 0 Å². The van der Waals surface area contributed by atoms with E-state index < -0.39 is 30.5 Å². The van der Waals surface area contributed by atoms with Crippen molar-refractivity contribution in [1.82, 2.24) is 24.5 Å². The molecule has 4 aromatic rings. The Morgan fingerprint density at radius 1 is 1.21 bits per heavy atom. The summed E-state index contributed by atoms with van der Waals surface area (Å²) in [6.45, 7) is -0.176. The number of ether oxygens (including phenoxy) is 2. The summed E-state index contributed by atoms with van der Waals surface area (Å²) in [4.78, 5) is 27.6. The molecule has 5 N–H and O–H groups in total. The lowest BCUT2D eigenvalue weighted by molar-refractivity contribution is -0.150. The third-order valence-electron chi connectivity index (χ3n) is 5.91. The van der Waals surface area contributed by atoms with Crippen molar-refractivity contribution in [3.63, 3.8) is 0 Å². The number of hydrogen-bond acceptors (Lipinski definition) is 9. The number of nitrogen functional groups attached to an aromatic ring is 1. The third-order valence-corrected chi connectivity index (χ3v) is 5.91. The van der Waals surface area contributed by atoms with Crippen LogP contribution < -0.4 is 5.73 Å². The zero-order chi connectivity index (χ0) is 22.9. The largest absolute Gasteiger partial charge is 0.463 e. The average molecular weight is 452 g/mol. The predicted molar refractivity (Wildman–Crippen MR) is 118 cm³/mol. The molecule has 172 valence electrons. The molecule has 3 aromatic heterocycles. The molecule has 0 amide bonds. The van der Waals surface area contributed by atoms with Crippen LogP contribution in [-0.4, -0.2) is 65.6 Å². The van der Waals surface area contributed by atoms with Crippen LogP contribution in [0.25, 0.3) is 22.1 Å². The number of anilines is 1. The van der Waals surface area contributed by atoms with Crippen molar-refractivity contribution in [3.8, 4) is 0 Å². The van der Waals surface area contributed by atoms with Crippen molar-refractivity contribution in [2.24, 2.45) is 0 Å². The van der Waals surface area contributed by atoms with E-state index in [-0.39, 0.29) is 18.8 Å². The lowest BCUT2D eigenvalue weighted by atomic mass is 10.1. The van der Waals surface area contributed by atoms with E-state index in [1.807, 2.05) is 30.5 Å². The number of carbonyl (C=O) groups is 1. The van der Waals surface area contributed by atoms with Crippen LogP contribution in [0.15, 0.2) is 43.1 Å². The van der Waals surface area contributed by atoms with Crippen molar-refractivity contribution >= 4 is 33.9 Å². The summed E-state index contributed by atoms with van der Waals surface area (Å²) in [5.41, 5.74) is 8.75. The molecule has 4 heterocycles. The summed E-state index contributed by atoms with van der Waals surface area (Å²) in [7, 11) is 0. The summed E-state index contributed by atoms with van der Waals surface area (Å²) in [5, 5.41) is 22.0. The number of nitrogens with one attached hydrogen (secondary N) is 1. The number of H-pyrrole nitrogens is 1. The molecule has 1 saturated heterocycles. The Hall–Kier alpha value is -3.54. The second-order valence-electron chi connectivity index (χ2n) is 8.03. The smallest absolute Gasteiger partial charge is 0.305 e. The molecule has 1 aromatic carbocycles. The van der Waals surface area contributed by atoms with Gasteiger partial charge in [-0.05, 0) is 24.5 Å². The van der Waals surface area contributed by atoms with Gasteiger partial charge in [0, 0.05) is 23.5 Å². The van der Waals surface area contributed by atoms with Crippen molar-refractivity contribution in [2.45, 2.75) is 43.8 Å². The lowest BCUT2D eigenvalue weighted by Crippen LogP contribution is -2.34. The number of para-hydroxylation sites is 1. The Labute approximate surface area is 188 Å². The van der Waals surface area contributed by atoms with Gasteiger partial charge in [-0.2, -0.15) is 0 Å². The summed E-state index contributed by atoms with van der Waals surface area (Å²) >= 11 is 0. The molecule has 1 aliphatic heterocycles. The Morgan fingerprint density at radius 2 is 2.06 bits per heavy atom. The van der Waals surface area contributed by atoms with E-state index in [0.29, 0.717) is 17.6 Å². The highest BCUT2D eigenvalue weighted by molar-refractivity contribution is 5.83. The second-order valence-corrected chi connectivity index (χ2v) is 8.03. The number of esters is 1. The number of benzene rings is 1. The molecule has 33 heavy (non-hydrogen) atoms. The first-order chi connectivity index (χ1) is 16.0. The fourth-order valence-electron chi connectivity index (χ4n) is 4.16. The lowest BCUT2D eigenvalue weighted by Gasteiger charge is -2.16. The third kappa shape index (κ3) is 4.01. The minimum atomic E-state index is -1.26. The minimum Gasteiger partial charge on any atom is -0.463 e. The highest BCUT2D eigenvalue weighted by Crippen LogP contribution is 2.32. The SMILES string of the molecule is Nc1ncnc2c1ncn2[C@@H]1O[C@H](COC(=O)CCCc2c[nH]c3ccccc23)[C@@H](O)[C@H]1O. The van der Waals surface area contributed by atoms with Crippen LogP contribution in [0.1, 0.15) is 24.6 Å². The molecule has 0 bridgehead atoms. The number of rotatable bonds is 7. The summed E-state index contributed by atoms with van der Waals surface area (Å²) in [6.07, 6.45) is 1.90. The Kier molecular flexibility index (Phi) is 5.67. The van der Waals surface area contributed by atoms with Gasteiger partial charge in [-0.1, -0.05) is 18.2 Å². The highest BCUT2D eigenvalue weighted by Gasteiger charge is 2.44. The van der Waals surface area contributed by atoms with Gasteiger partial charge in [0.25, 0.3) is 0 Å². The molecule has 0 saturated carbocycles. The number of aromatic nitrogens is 5. The van der Waals surface area contributed by atoms with Crippen molar-refractivity contribution < 1.29 is 24.5 Å². The van der Waals surface area contributed by atoms with Crippen molar-refractivity contribution in [2.75, 3.05) is 12.3 Å². The van der Waals surface area contributed by atoms with E-state index >= 15 is 0 Å². The van der Waals surface area contributed by atoms with Crippen molar-refractivity contribution in [1.29, 1.82) is 0 Å². The molecule has 1 fully saturated rings. The monoisotopic (exact) mass is 452 g/mol. The van der Waals surface area contributed by atoms with E-state index in [0.717, 1.165) is 22.9 Å². The number of carbonyl (C=O) groups excluding carboxylic acids is 1. The number of nitrogens with two attached hydrogens (primary N) is 1. The molecule has 0 spiro atoms. The topological polar surface area (TPSA) is 161 Å². The first-order valence-electron chi connectivity index (χ1n) is 10.7. The van der Waals surface area contributed by atoms with Crippen molar-refractivity contribution in [3.05, 3.63) is 48.7 Å². The Balaban J connectivity index is 1.15. The summed E-state index contributed by atoms with van der Waals surface area (Å²) in [6, 6.07) is 8.01. The minimum absolute atomic E-state index is 0.176. The molecule has 11 heteroatoms. The van der Waals surface area contributed by atoms with E-state index in [9.17, 15) is 15.0 Å². The Bertz CT molecular complexity index is 1290. The normalized spacial score (nSPS) is 22.8. The summed E-state index contributed by atoms with van der Waals surface area (Å²) < 4.78 is 12.6. The number of aliphatic hydroxyl groups is 2. The van der Waals surface area contributed by atoms with Gasteiger partial charge >= 0.3 is 5.97 Å². The van der Waals surface area contributed by atoms with Crippen LogP contribution in [0, 0.1) is 0 Å². The molecule has 0 unspecified atom stereocenters. The maximum atomic E-state index is 12.2. The van der Waals surface area contributed by atoms with Crippen LogP contribution in [0.4, 0.5) is 5.82 Å². The van der Waals surface area contributed by atoms with Gasteiger partial charge < -0.3 is 30.4 Å². The number of fused-ring (bicyclic) bond motifs is 2. The number of imidazole rings is 1. The first kappa shape index (κ1) is 21.3. The molecule has 1 aliphatic rings. The maximum Gasteiger partial charge on any atom is 0.305 e. The van der Waals surface area contributed by atoms with Crippen LogP contribution in [-0.2, 0) is 20.7 Å². The molecular formula is C22H24N6O5.